The quantitative estimate of drug-likeness (QED) is 0.923. The highest BCUT2D eigenvalue weighted by molar-refractivity contribution is 5.94. The number of nitrogens with zero attached hydrogens (tertiary/aromatic N) is 2. The fourth-order valence-corrected chi connectivity index (χ4v) is 1.75. The number of aromatic nitrogens is 2. The van der Waals surface area contributed by atoms with Gasteiger partial charge < -0.3 is 9.63 Å². The summed E-state index contributed by atoms with van der Waals surface area (Å²) in [4.78, 5) is 15.1. The average Bonchev–Trinajstić information content (AvgIpc) is 3.10. The molecule has 0 unspecified atom stereocenters. The van der Waals surface area contributed by atoms with Crippen LogP contribution in [0.3, 0.4) is 0 Å². The first-order valence-corrected chi connectivity index (χ1v) is 5.62. The lowest BCUT2D eigenvalue weighted by atomic mass is 10.1. The highest BCUT2D eigenvalue weighted by Crippen LogP contribution is 2.39. The van der Waals surface area contributed by atoms with E-state index in [0.29, 0.717) is 11.9 Å². The lowest BCUT2D eigenvalue weighted by molar-refractivity contribution is 0.0696. The molecule has 1 N–H and O–H groups in total. The Hall–Kier alpha value is -2.31. The van der Waals surface area contributed by atoms with Crippen LogP contribution in [-0.4, -0.2) is 21.2 Å². The number of rotatable bonds is 3. The summed E-state index contributed by atoms with van der Waals surface area (Å²) in [6.45, 7) is 0. The van der Waals surface area contributed by atoms with E-state index in [2.05, 4.69) is 10.1 Å². The summed E-state index contributed by atoms with van der Waals surface area (Å²) in [5.41, 5.74) is -0.532. The molecule has 1 aliphatic carbocycles. The molecule has 0 amide bonds. The molecule has 3 rings (SSSR count). The fraction of sp³-hybridized carbons (Fsp3) is 0.250. The molecule has 0 spiro atoms. The number of carboxylic acid groups (broad SMARTS) is 1. The minimum absolute atomic E-state index is 0.113. The van der Waals surface area contributed by atoms with Gasteiger partial charge in [0.15, 0.2) is 17.5 Å². The van der Waals surface area contributed by atoms with E-state index in [-0.39, 0.29) is 17.4 Å². The minimum atomic E-state index is -1.39. The van der Waals surface area contributed by atoms with Crippen LogP contribution in [0.4, 0.5) is 8.78 Å². The molecule has 1 heterocycles. The third kappa shape index (κ3) is 2.07. The topological polar surface area (TPSA) is 76.2 Å². The molecule has 0 aliphatic heterocycles. The first-order valence-electron chi connectivity index (χ1n) is 5.62. The van der Waals surface area contributed by atoms with Gasteiger partial charge in [-0.1, -0.05) is 5.16 Å². The van der Waals surface area contributed by atoms with Crippen LogP contribution in [0.15, 0.2) is 16.7 Å². The van der Waals surface area contributed by atoms with E-state index in [1.165, 1.54) is 0 Å². The minimum Gasteiger partial charge on any atom is -0.478 e. The van der Waals surface area contributed by atoms with E-state index in [1.807, 2.05) is 0 Å². The molecule has 1 aliphatic rings. The van der Waals surface area contributed by atoms with Crippen molar-refractivity contribution in [2.45, 2.75) is 18.8 Å². The normalized spacial score (nSPS) is 14.6. The fourth-order valence-electron chi connectivity index (χ4n) is 1.75. The van der Waals surface area contributed by atoms with Gasteiger partial charge in [-0.25, -0.2) is 13.6 Å². The van der Waals surface area contributed by atoms with E-state index in [9.17, 15) is 13.6 Å². The van der Waals surface area contributed by atoms with E-state index < -0.39 is 23.2 Å². The first kappa shape index (κ1) is 11.8. The molecule has 0 saturated heterocycles. The number of hydrogen-bond donors (Lipinski definition) is 1. The Labute approximate surface area is 105 Å². The van der Waals surface area contributed by atoms with Crippen molar-refractivity contribution in [3.8, 4) is 11.5 Å². The summed E-state index contributed by atoms with van der Waals surface area (Å²) in [5, 5.41) is 12.7. The van der Waals surface area contributed by atoms with Crippen LogP contribution in [0.5, 0.6) is 0 Å². The number of carbonyl (C=O) groups is 1. The first-order chi connectivity index (χ1) is 9.06. The molecule has 1 aromatic heterocycles. The highest BCUT2D eigenvalue weighted by atomic mass is 19.2. The van der Waals surface area contributed by atoms with Crippen LogP contribution >= 0.6 is 0 Å². The van der Waals surface area contributed by atoms with Crippen molar-refractivity contribution in [1.29, 1.82) is 0 Å². The molecular weight excluding hydrogens is 258 g/mol. The van der Waals surface area contributed by atoms with Crippen LogP contribution in [0.25, 0.3) is 11.5 Å². The molecule has 98 valence electrons. The standard InChI is InChI=1S/C12H8F2N2O3/c13-8-3-6(7(12(17)18)4-9(8)14)11-15-10(16-19-11)5-1-2-5/h3-5H,1-2H2,(H,17,18). The molecule has 7 heteroatoms. The molecule has 5 nitrogen and oxygen atoms in total. The summed E-state index contributed by atoms with van der Waals surface area (Å²) >= 11 is 0. The lowest BCUT2D eigenvalue weighted by Crippen LogP contribution is -2.02. The third-order valence-corrected chi connectivity index (χ3v) is 2.91. The molecule has 1 saturated carbocycles. The summed E-state index contributed by atoms with van der Waals surface area (Å²) in [6, 6.07) is 1.36. The van der Waals surface area contributed by atoms with Crippen molar-refractivity contribution < 1.29 is 23.2 Å². The van der Waals surface area contributed by atoms with Crippen LogP contribution in [-0.2, 0) is 0 Å². The van der Waals surface area contributed by atoms with Gasteiger partial charge in [-0.15, -0.1) is 0 Å². The molecule has 2 aromatic rings. The van der Waals surface area contributed by atoms with Crippen molar-refractivity contribution in [2.75, 3.05) is 0 Å². The zero-order chi connectivity index (χ0) is 13.6. The second-order valence-electron chi connectivity index (χ2n) is 4.35. The Morgan fingerprint density at radius 2 is 2.00 bits per heavy atom. The van der Waals surface area contributed by atoms with Crippen molar-refractivity contribution in [2.24, 2.45) is 0 Å². The second kappa shape index (κ2) is 4.11. The Bertz CT molecular complexity index is 665. The maximum atomic E-state index is 13.2. The van der Waals surface area contributed by atoms with Crippen molar-refractivity contribution >= 4 is 5.97 Å². The van der Waals surface area contributed by atoms with E-state index in [4.69, 9.17) is 9.63 Å². The monoisotopic (exact) mass is 266 g/mol. The summed E-state index contributed by atoms with van der Waals surface area (Å²) in [6.07, 6.45) is 1.89. The number of hydrogen-bond acceptors (Lipinski definition) is 4. The van der Waals surface area contributed by atoms with Gasteiger partial charge in [-0.05, 0) is 25.0 Å². The SMILES string of the molecule is O=C(O)c1cc(F)c(F)cc1-c1nc(C2CC2)no1. The van der Waals surface area contributed by atoms with Gasteiger partial charge in [0.25, 0.3) is 5.89 Å². The summed E-state index contributed by atoms with van der Waals surface area (Å²) in [5.74, 6) is -3.21. The lowest BCUT2D eigenvalue weighted by Gasteiger charge is -2.02. The maximum absolute atomic E-state index is 13.2. The van der Waals surface area contributed by atoms with Crippen LogP contribution in [0, 0.1) is 11.6 Å². The predicted molar refractivity (Wildman–Crippen MR) is 58.6 cm³/mol. The number of carboxylic acids is 1. The van der Waals surface area contributed by atoms with Crippen LogP contribution in [0.1, 0.15) is 34.9 Å². The number of benzene rings is 1. The van der Waals surface area contributed by atoms with Crippen molar-refractivity contribution in [3.63, 3.8) is 0 Å². The van der Waals surface area contributed by atoms with Crippen LogP contribution < -0.4 is 0 Å². The highest BCUT2D eigenvalue weighted by Gasteiger charge is 2.30. The van der Waals surface area contributed by atoms with Gasteiger partial charge in [-0.2, -0.15) is 4.98 Å². The molecule has 1 fully saturated rings. The molecule has 0 bridgehead atoms. The van der Waals surface area contributed by atoms with Crippen LogP contribution in [0.2, 0.25) is 0 Å². The van der Waals surface area contributed by atoms with Crippen molar-refractivity contribution in [3.05, 3.63) is 35.2 Å². The Morgan fingerprint density at radius 3 is 2.63 bits per heavy atom. The molecule has 1 aromatic carbocycles. The van der Waals surface area contributed by atoms with Gasteiger partial charge in [0, 0.05) is 5.92 Å². The van der Waals surface area contributed by atoms with E-state index >= 15 is 0 Å². The molecule has 19 heavy (non-hydrogen) atoms. The van der Waals surface area contributed by atoms with E-state index in [0.717, 1.165) is 18.9 Å². The Morgan fingerprint density at radius 1 is 1.32 bits per heavy atom. The van der Waals surface area contributed by atoms with E-state index in [1.54, 1.807) is 0 Å². The van der Waals surface area contributed by atoms with Gasteiger partial charge in [-0.3, -0.25) is 0 Å². The average molecular weight is 266 g/mol. The van der Waals surface area contributed by atoms with Gasteiger partial charge in [0.1, 0.15) is 0 Å². The zero-order valence-electron chi connectivity index (χ0n) is 9.56. The third-order valence-electron chi connectivity index (χ3n) is 2.91. The smallest absolute Gasteiger partial charge is 0.336 e. The zero-order valence-corrected chi connectivity index (χ0v) is 9.56. The largest absolute Gasteiger partial charge is 0.478 e. The summed E-state index contributed by atoms with van der Waals surface area (Å²) < 4.78 is 31.2. The number of halogens is 2. The Balaban J connectivity index is 2.11. The number of aromatic carboxylic acids is 1. The van der Waals surface area contributed by atoms with Gasteiger partial charge in [0.2, 0.25) is 0 Å². The molecule has 0 atom stereocenters. The van der Waals surface area contributed by atoms with Gasteiger partial charge in [0.05, 0.1) is 11.1 Å². The molecular formula is C12H8F2N2O3. The predicted octanol–water partition coefficient (Wildman–Crippen LogP) is 2.59. The second-order valence-corrected chi connectivity index (χ2v) is 4.35. The Kier molecular flexibility index (Phi) is 2.55. The molecule has 0 radical (unpaired) electrons. The summed E-state index contributed by atoms with van der Waals surface area (Å²) in [7, 11) is 0. The maximum Gasteiger partial charge on any atom is 0.336 e. The van der Waals surface area contributed by atoms with Crippen molar-refractivity contribution in [1.82, 2.24) is 10.1 Å². The van der Waals surface area contributed by atoms with Gasteiger partial charge >= 0.3 is 5.97 Å².